The summed E-state index contributed by atoms with van der Waals surface area (Å²) in [5.41, 5.74) is 0.351. The zero-order valence-electron chi connectivity index (χ0n) is 10.9. The first-order valence-electron chi connectivity index (χ1n) is 6.10. The van der Waals surface area contributed by atoms with Crippen LogP contribution in [-0.4, -0.2) is 38.1 Å². The summed E-state index contributed by atoms with van der Waals surface area (Å²) in [6.45, 7) is 2.99. The minimum atomic E-state index is -0.318. The van der Waals surface area contributed by atoms with Crippen LogP contribution in [0.3, 0.4) is 0 Å². The first kappa shape index (κ1) is 14.2. The van der Waals surface area contributed by atoms with Crippen LogP contribution >= 0.6 is 11.6 Å². The van der Waals surface area contributed by atoms with Crippen molar-refractivity contribution < 1.29 is 4.79 Å². The number of halogens is 1. The van der Waals surface area contributed by atoms with E-state index in [1.165, 1.54) is 6.20 Å². The second-order valence-electron chi connectivity index (χ2n) is 3.99. The number of carbonyl (C=O) groups is 1. The summed E-state index contributed by atoms with van der Waals surface area (Å²) in [4.78, 5) is 16.2. The maximum absolute atomic E-state index is 12.0. The standard InChI is InChI=1S/C11H14ClN7O/c1-2-3-13-9-4-7(8(12)5-14-9)11(20)15-6-10-16-18-19-17-10/h4-5H,2-3,6H2,1H3,(H,13,14)(H,15,20)(H,16,17,18,19). The molecule has 0 bridgehead atoms. The van der Waals surface area contributed by atoms with Crippen LogP contribution in [0.25, 0.3) is 0 Å². The Bertz CT molecular complexity index is 572. The fourth-order valence-corrected chi connectivity index (χ4v) is 1.66. The molecule has 9 heteroatoms. The first-order valence-corrected chi connectivity index (χ1v) is 6.48. The van der Waals surface area contributed by atoms with Gasteiger partial charge in [-0.3, -0.25) is 4.79 Å². The lowest BCUT2D eigenvalue weighted by molar-refractivity contribution is 0.0950. The molecule has 8 nitrogen and oxygen atoms in total. The highest BCUT2D eigenvalue weighted by Gasteiger charge is 2.12. The Morgan fingerprint density at radius 2 is 2.35 bits per heavy atom. The van der Waals surface area contributed by atoms with E-state index in [0.717, 1.165) is 13.0 Å². The number of aromatic nitrogens is 5. The Kier molecular flexibility index (Phi) is 4.83. The smallest absolute Gasteiger partial charge is 0.253 e. The Morgan fingerprint density at radius 3 is 3.05 bits per heavy atom. The Morgan fingerprint density at radius 1 is 1.50 bits per heavy atom. The molecule has 3 N–H and O–H groups in total. The van der Waals surface area contributed by atoms with Crippen molar-refractivity contribution in [3.63, 3.8) is 0 Å². The molecule has 0 atom stereocenters. The zero-order valence-corrected chi connectivity index (χ0v) is 11.6. The number of hydrogen-bond acceptors (Lipinski definition) is 6. The Labute approximate surface area is 120 Å². The first-order chi connectivity index (χ1) is 9.70. The van der Waals surface area contributed by atoms with Crippen molar-refractivity contribution in [3.8, 4) is 0 Å². The summed E-state index contributed by atoms with van der Waals surface area (Å²) in [6, 6.07) is 1.61. The second kappa shape index (κ2) is 6.80. The monoisotopic (exact) mass is 295 g/mol. The molecule has 0 aromatic carbocycles. The van der Waals surface area contributed by atoms with Crippen LogP contribution in [0.15, 0.2) is 12.3 Å². The highest BCUT2D eigenvalue weighted by molar-refractivity contribution is 6.33. The van der Waals surface area contributed by atoms with E-state index in [2.05, 4.69) is 36.2 Å². The lowest BCUT2D eigenvalue weighted by Gasteiger charge is -2.08. The van der Waals surface area contributed by atoms with Crippen LogP contribution in [0, 0.1) is 0 Å². The molecule has 20 heavy (non-hydrogen) atoms. The van der Waals surface area contributed by atoms with Crippen LogP contribution in [0.2, 0.25) is 5.02 Å². The molecule has 0 radical (unpaired) electrons. The van der Waals surface area contributed by atoms with Gasteiger partial charge in [0.25, 0.3) is 5.91 Å². The fourth-order valence-electron chi connectivity index (χ4n) is 1.47. The highest BCUT2D eigenvalue weighted by atomic mass is 35.5. The van der Waals surface area contributed by atoms with Crippen LogP contribution in [0.1, 0.15) is 29.5 Å². The van der Waals surface area contributed by atoms with Gasteiger partial charge in [0.1, 0.15) is 5.82 Å². The van der Waals surface area contributed by atoms with Gasteiger partial charge in [-0.1, -0.05) is 23.7 Å². The maximum atomic E-state index is 12.0. The van der Waals surface area contributed by atoms with Gasteiger partial charge in [-0.25, -0.2) is 4.98 Å². The van der Waals surface area contributed by atoms with Crippen molar-refractivity contribution in [2.24, 2.45) is 0 Å². The molecule has 0 saturated carbocycles. The summed E-state index contributed by atoms with van der Waals surface area (Å²) in [5, 5.41) is 19.2. The van der Waals surface area contributed by atoms with E-state index in [1.807, 2.05) is 6.92 Å². The van der Waals surface area contributed by atoms with Gasteiger partial charge < -0.3 is 10.6 Å². The van der Waals surface area contributed by atoms with Crippen LogP contribution in [-0.2, 0) is 6.54 Å². The second-order valence-corrected chi connectivity index (χ2v) is 4.39. The molecule has 0 unspecified atom stereocenters. The lowest BCUT2D eigenvalue weighted by Crippen LogP contribution is -2.24. The molecular weight excluding hydrogens is 282 g/mol. The Balaban J connectivity index is 2.04. The molecule has 106 valence electrons. The van der Waals surface area contributed by atoms with Gasteiger partial charge in [-0.15, -0.1) is 10.2 Å². The zero-order chi connectivity index (χ0) is 14.4. The number of hydrogen-bond donors (Lipinski definition) is 3. The number of rotatable bonds is 6. The fraction of sp³-hybridized carbons (Fsp3) is 0.364. The summed E-state index contributed by atoms with van der Waals surface area (Å²) in [7, 11) is 0. The van der Waals surface area contributed by atoms with E-state index in [4.69, 9.17) is 11.6 Å². The summed E-state index contributed by atoms with van der Waals surface area (Å²) in [6.07, 6.45) is 2.41. The van der Waals surface area contributed by atoms with Gasteiger partial charge in [0, 0.05) is 12.7 Å². The normalized spacial score (nSPS) is 10.3. The molecule has 1 amide bonds. The topological polar surface area (TPSA) is 108 Å². The van der Waals surface area contributed by atoms with E-state index < -0.39 is 0 Å². The maximum Gasteiger partial charge on any atom is 0.253 e. The molecule has 0 spiro atoms. The third kappa shape index (κ3) is 3.64. The number of pyridine rings is 1. The number of tetrazole rings is 1. The Hall–Kier alpha value is -2.22. The van der Waals surface area contributed by atoms with Gasteiger partial charge in [0.05, 0.1) is 17.1 Å². The highest BCUT2D eigenvalue weighted by Crippen LogP contribution is 2.18. The minimum Gasteiger partial charge on any atom is -0.370 e. The van der Waals surface area contributed by atoms with Crippen LogP contribution < -0.4 is 10.6 Å². The van der Waals surface area contributed by atoms with E-state index >= 15 is 0 Å². The molecule has 0 aliphatic carbocycles. The third-order valence-electron chi connectivity index (χ3n) is 2.45. The number of nitrogens with one attached hydrogen (secondary N) is 3. The molecule has 2 aromatic rings. The van der Waals surface area contributed by atoms with E-state index in [1.54, 1.807) is 6.07 Å². The SMILES string of the molecule is CCCNc1cc(C(=O)NCc2nn[nH]n2)c(Cl)cn1. The predicted octanol–water partition coefficient (Wildman–Crippen LogP) is 1.000. The van der Waals surface area contributed by atoms with Gasteiger partial charge in [-0.2, -0.15) is 5.21 Å². The average molecular weight is 296 g/mol. The van der Waals surface area contributed by atoms with Crippen LogP contribution in [0.5, 0.6) is 0 Å². The van der Waals surface area contributed by atoms with Crippen molar-refractivity contribution in [2.45, 2.75) is 19.9 Å². The number of anilines is 1. The summed E-state index contributed by atoms with van der Waals surface area (Å²) >= 11 is 5.98. The minimum absolute atomic E-state index is 0.172. The number of nitrogens with zero attached hydrogens (tertiary/aromatic N) is 4. The van der Waals surface area contributed by atoms with E-state index in [9.17, 15) is 4.79 Å². The molecule has 0 fully saturated rings. The van der Waals surface area contributed by atoms with Crippen molar-refractivity contribution >= 4 is 23.3 Å². The van der Waals surface area contributed by atoms with Crippen molar-refractivity contribution in [2.75, 3.05) is 11.9 Å². The number of amides is 1. The molecule has 0 saturated heterocycles. The number of aromatic amines is 1. The lowest BCUT2D eigenvalue weighted by atomic mass is 10.2. The quantitative estimate of drug-likeness (QED) is 0.733. The number of H-pyrrole nitrogens is 1. The van der Waals surface area contributed by atoms with Gasteiger partial charge in [0.2, 0.25) is 0 Å². The van der Waals surface area contributed by atoms with Crippen molar-refractivity contribution in [1.29, 1.82) is 0 Å². The largest absolute Gasteiger partial charge is 0.370 e. The molecule has 2 rings (SSSR count). The summed E-state index contributed by atoms with van der Waals surface area (Å²) < 4.78 is 0. The summed E-state index contributed by atoms with van der Waals surface area (Å²) in [5.74, 6) is 0.690. The van der Waals surface area contributed by atoms with Gasteiger partial charge in [0.15, 0.2) is 5.82 Å². The predicted molar refractivity (Wildman–Crippen MR) is 73.4 cm³/mol. The molecule has 2 aromatic heterocycles. The van der Waals surface area contributed by atoms with E-state index in [0.29, 0.717) is 17.2 Å². The molecule has 0 aliphatic rings. The third-order valence-corrected chi connectivity index (χ3v) is 2.75. The van der Waals surface area contributed by atoms with Crippen molar-refractivity contribution in [1.82, 2.24) is 30.9 Å². The van der Waals surface area contributed by atoms with Crippen molar-refractivity contribution in [3.05, 3.63) is 28.7 Å². The average Bonchev–Trinajstić information content (AvgIpc) is 2.97. The van der Waals surface area contributed by atoms with Crippen LogP contribution in [0.4, 0.5) is 5.82 Å². The molecule has 2 heterocycles. The number of carbonyl (C=O) groups excluding carboxylic acids is 1. The molecule has 0 aliphatic heterocycles. The van der Waals surface area contributed by atoms with Gasteiger partial charge in [-0.05, 0) is 12.5 Å². The van der Waals surface area contributed by atoms with Gasteiger partial charge >= 0.3 is 0 Å². The molecular formula is C11H14ClN7O. The van der Waals surface area contributed by atoms with E-state index in [-0.39, 0.29) is 17.5 Å².